The van der Waals surface area contributed by atoms with Crippen molar-refractivity contribution in [1.29, 1.82) is 0 Å². The van der Waals surface area contributed by atoms with Crippen LogP contribution in [-0.4, -0.2) is 38.3 Å². The third-order valence-corrected chi connectivity index (χ3v) is 6.55. The van der Waals surface area contributed by atoms with E-state index in [1.54, 1.807) is 7.11 Å². The third-order valence-electron chi connectivity index (χ3n) is 6.55. The maximum Gasteiger partial charge on any atom is 0.231 e. The van der Waals surface area contributed by atoms with Crippen molar-refractivity contribution in [3.05, 3.63) is 47.0 Å². The van der Waals surface area contributed by atoms with Crippen LogP contribution in [0.4, 0.5) is 5.69 Å². The van der Waals surface area contributed by atoms with Gasteiger partial charge in [0.2, 0.25) is 18.4 Å². The molecule has 2 aliphatic rings. The quantitative estimate of drug-likeness (QED) is 0.706. The van der Waals surface area contributed by atoms with Crippen molar-refractivity contribution < 1.29 is 19.0 Å². The van der Waals surface area contributed by atoms with Gasteiger partial charge < -0.3 is 19.5 Å². The molecule has 0 radical (unpaired) electrons. The minimum absolute atomic E-state index is 0.0625. The molecule has 6 heteroatoms. The SMILES string of the molecule is CCC(CC)C(=O)Nc1ccc(C[C@H]2c3c(cc4c(c3OC)OCO4)CCN2C)cc1. The van der Waals surface area contributed by atoms with E-state index in [-0.39, 0.29) is 24.7 Å². The van der Waals surface area contributed by atoms with E-state index in [1.165, 1.54) is 16.7 Å². The van der Waals surface area contributed by atoms with Gasteiger partial charge in [0.15, 0.2) is 11.5 Å². The fraction of sp³-hybridized carbons (Fsp3) is 0.480. The first kappa shape index (κ1) is 21.5. The van der Waals surface area contributed by atoms with E-state index in [9.17, 15) is 4.79 Å². The van der Waals surface area contributed by atoms with Crippen LogP contribution >= 0.6 is 0 Å². The van der Waals surface area contributed by atoms with Gasteiger partial charge in [-0.05, 0) is 62.1 Å². The highest BCUT2D eigenvalue weighted by atomic mass is 16.7. The summed E-state index contributed by atoms with van der Waals surface area (Å²) >= 11 is 0. The Labute approximate surface area is 184 Å². The molecule has 0 aliphatic carbocycles. The van der Waals surface area contributed by atoms with Crippen LogP contribution in [0.2, 0.25) is 0 Å². The second kappa shape index (κ2) is 9.18. The number of benzene rings is 2. The van der Waals surface area contributed by atoms with Crippen LogP contribution in [0, 0.1) is 5.92 Å². The van der Waals surface area contributed by atoms with E-state index < -0.39 is 0 Å². The largest absolute Gasteiger partial charge is 0.492 e. The number of nitrogens with zero attached hydrogens (tertiary/aromatic N) is 1. The molecule has 0 saturated carbocycles. The first-order valence-corrected chi connectivity index (χ1v) is 11.1. The number of methoxy groups -OCH3 is 1. The molecule has 0 unspecified atom stereocenters. The number of hydrogen-bond acceptors (Lipinski definition) is 5. The molecule has 0 spiro atoms. The molecule has 0 fully saturated rings. The fourth-order valence-corrected chi connectivity index (χ4v) is 4.63. The van der Waals surface area contributed by atoms with Gasteiger partial charge in [0.25, 0.3) is 0 Å². The molecule has 2 aromatic carbocycles. The van der Waals surface area contributed by atoms with E-state index in [2.05, 4.69) is 49.3 Å². The van der Waals surface area contributed by atoms with Gasteiger partial charge in [0.05, 0.1) is 7.11 Å². The Morgan fingerprint density at radius 3 is 2.65 bits per heavy atom. The van der Waals surface area contributed by atoms with Crippen LogP contribution in [0.5, 0.6) is 17.2 Å². The summed E-state index contributed by atoms with van der Waals surface area (Å²) in [5.41, 5.74) is 4.51. The standard InChI is InChI=1S/C25H32N2O4/c1-5-17(6-2)25(28)26-19-9-7-16(8-10-19)13-20-22-18(11-12-27(20)3)14-21-23(24(22)29-4)31-15-30-21/h7-10,14,17,20H,5-6,11-13,15H2,1-4H3,(H,26,28)/t20-/m0/s1. The summed E-state index contributed by atoms with van der Waals surface area (Å²) in [6.45, 7) is 5.32. The van der Waals surface area contributed by atoms with Crippen LogP contribution in [0.25, 0.3) is 0 Å². The van der Waals surface area contributed by atoms with Crippen molar-refractivity contribution in [2.45, 2.75) is 45.6 Å². The summed E-state index contributed by atoms with van der Waals surface area (Å²) in [6.07, 6.45) is 3.51. The molecule has 0 saturated heterocycles. The lowest BCUT2D eigenvalue weighted by molar-refractivity contribution is -0.120. The number of hydrogen-bond donors (Lipinski definition) is 1. The fourth-order valence-electron chi connectivity index (χ4n) is 4.63. The summed E-state index contributed by atoms with van der Waals surface area (Å²) < 4.78 is 17.1. The van der Waals surface area contributed by atoms with Crippen molar-refractivity contribution in [1.82, 2.24) is 4.90 Å². The van der Waals surface area contributed by atoms with Crippen molar-refractivity contribution in [3.63, 3.8) is 0 Å². The number of ether oxygens (including phenoxy) is 3. The van der Waals surface area contributed by atoms with Gasteiger partial charge in [0, 0.05) is 29.8 Å². The Bertz CT molecular complexity index is 938. The lowest BCUT2D eigenvalue weighted by atomic mass is 9.87. The zero-order valence-electron chi connectivity index (χ0n) is 18.9. The monoisotopic (exact) mass is 424 g/mol. The maximum atomic E-state index is 12.4. The molecule has 2 heterocycles. The molecule has 31 heavy (non-hydrogen) atoms. The zero-order valence-corrected chi connectivity index (χ0v) is 18.9. The molecule has 4 rings (SSSR count). The van der Waals surface area contributed by atoms with E-state index in [0.29, 0.717) is 5.75 Å². The van der Waals surface area contributed by atoms with Crippen LogP contribution in [0.3, 0.4) is 0 Å². The van der Waals surface area contributed by atoms with Gasteiger partial charge in [0.1, 0.15) is 0 Å². The minimum atomic E-state index is 0.0625. The highest BCUT2D eigenvalue weighted by Gasteiger charge is 2.33. The topological polar surface area (TPSA) is 60.0 Å². The first-order valence-electron chi connectivity index (χ1n) is 11.1. The minimum Gasteiger partial charge on any atom is -0.492 e. The molecule has 0 bridgehead atoms. The Hall–Kier alpha value is -2.73. The lowest BCUT2D eigenvalue weighted by Gasteiger charge is -2.36. The number of anilines is 1. The molecule has 2 aliphatic heterocycles. The number of likely N-dealkylation sites (N-methyl/N-ethyl adjacent to an activating group) is 1. The van der Waals surface area contributed by atoms with Crippen molar-refractivity contribution in [2.24, 2.45) is 5.92 Å². The molecule has 2 aromatic rings. The van der Waals surface area contributed by atoms with Gasteiger partial charge in [-0.2, -0.15) is 0 Å². The van der Waals surface area contributed by atoms with E-state index >= 15 is 0 Å². The summed E-state index contributed by atoms with van der Waals surface area (Å²) in [5.74, 6) is 2.43. The average Bonchev–Trinajstić information content (AvgIpc) is 3.24. The second-order valence-corrected chi connectivity index (χ2v) is 8.37. The maximum absolute atomic E-state index is 12.4. The summed E-state index contributed by atoms with van der Waals surface area (Å²) in [4.78, 5) is 14.7. The molecule has 0 aromatic heterocycles. The zero-order chi connectivity index (χ0) is 22.0. The van der Waals surface area contributed by atoms with Gasteiger partial charge in [-0.25, -0.2) is 0 Å². The van der Waals surface area contributed by atoms with Crippen LogP contribution < -0.4 is 19.5 Å². The lowest BCUT2D eigenvalue weighted by Crippen LogP contribution is -2.33. The summed E-state index contributed by atoms with van der Waals surface area (Å²) in [7, 11) is 3.85. The normalized spacial score (nSPS) is 17.5. The molecule has 6 nitrogen and oxygen atoms in total. The molecular weight excluding hydrogens is 392 g/mol. The predicted octanol–water partition coefficient (Wildman–Crippen LogP) is 4.57. The third kappa shape index (κ3) is 4.22. The molecule has 1 atom stereocenters. The Morgan fingerprint density at radius 1 is 1.23 bits per heavy atom. The van der Waals surface area contributed by atoms with Crippen LogP contribution in [0.1, 0.15) is 49.4 Å². The molecule has 166 valence electrons. The number of carbonyl (C=O) groups excluding carboxylic acids is 1. The number of amides is 1. The highest BCUT2D eigenvalue weighted by Crippen LogP contribution is 2.49. The Kier molecular flexibility index (Phi) is 6.37. The van der Waals surface area contributed by atoms with E-state index in [1.807, 2.05) is 12.1 Å². The number of nitrogens with one attached hydrogen (secondary N) is 1. The number of rotatable bonds is 7. The van der Waals surface area contributed by atoms with Crippen molar-refractivity contribution >= 4 is 11.6 Å². The average molecular weight is 425 g/mol. The van der Waals surface area contributed by atoms with Gasteiger partial charge in [-0.1, -0.05) is 26.0 Å². The molecule has 1 N–H and O–H groups in total. The van der Waals surface area contributed by atoms with Crippen LogP contribution in [0.15, 0.2) is 30.3 Å². The first-order chi connectivity index (χ1) is 15.0. The summed E-state index contributed by atoms with van der Waals surface area (Å²) in [6, 6.07) is 10.5. The predicted molar refractivity (Wildman–Crippen MR) is 121 cm³/mol. The molecule has 1 amide bonds. The van der Waals surface area contributed by atoms with E-state index in [0.717, 1.165) is 49.4 Å². The van der Waals surface area contributed by atoms with E-state index in [4.69, 9.17) is 14.2 Å². The second-order valence-electron chi connectivity index (χ2n) is 8.37. The van der Waals surface area contributed by atoms with Crippen molar-refractivity contribution in [2.75, 3.05) is 32.8 Å². The highest BCUT2D eigenvalue weighted by molar-refractivity contribution is 5.92. The Morgan fingerprint density at radius 2 is 1.97 bits per heavy atom. The smallest absolute Gasteiger partial charge is 0.231 e. The summed E-state index contributed by atoms with van der Waals surface area (Å²) in [5, 5.41) is 3.05. The van der Waals surface area contributed by atoms with Gasteiger partial charge >= 0.3 is 0 Å². The number of fused-ring (bicyclic) bond motifs is 2. The van der Waals surface area contributed by atoms with Crippen LogP contribution in [-0.2, 0) is 17.6 Å². The van der Waals surface area contributed by atoms with Gasteiger partial charge in [-0.15, -0.1) is 0 Å². The number of carbonyl (C=O) groups is 1. The van der Waals surface area contributed by atoms with Crippen molar-refractivity contribution in [3.8, 4) is 17.2 Å². The Balaban J connectivity index is 1.56. The molecular formula is C25H32N2O4. The van der Waals surface area contributed by atoms with Gasteiger partial charge in [-0.3, -0.25) is 9.69 Å².